The second kappa shape index (κ2) is 10.7. The zero-order chi connectivity index (χ0) is 28.6. The highest BCUT2D eigenvalue weighted by Gasteiger charge is 2.36. The van der Waals surface area contributed by atoms with E-state index in [-0.39, 0.29) is 29.0 Å². The number of imidazole rings is 1. The third kappa shape index (κ3) is 5.37. The molecule has 5 aromatic rings. The molecule has 3 aromatic carbocycles. The van der Waals surface area contributed by atoms with Crippen LogP contribution in [0.25, 0.3) is 21.9 Å². The van der Waals surface area contributed by atoms with E-state index in [1.807, 2.05) is 30.3 Å². The zero-order valence-electron chi connectivity index (χ0n) is 21.9. The number of para-hydroxylation sites is 1. The summed E-state index contributed by atoms with van der Waals surface area (Å²) in [5, 5.41) is 0.953. The van der Waals surface area contributed by atoms with Crippen molar-refractivity contribution in [2.45, 2.75) is 31.5 Å². The summed E-state index contributed by atoms with van der Waals surface area (Å²) in [4.78, 5) is 39.3. The van der Waals surface area contributed by atoms with Gasteiger partial charge in [-0.1, -0.05) is 36.4 Å². The third-order valence-corrected chi connectivity index (χ3v) is 7.49. The zero-order valence-corrected chi connectivity index (χ0v) is 21.9. The molecule has 0 aliphatic carbocycles. The molecule has 0 spiro atoms. The summed E-state index contributed by atoms with van der Waals surface area (Å²) < 4.78 is 43.8. The van der Waals surface area contributed by atoms with E-state index in [4.69, 9.17) is 0 Å². The molecule has 10 heteroatoms. The molecule has 0 saturated carbocycles. The van der Waals surface area contributed by atoms with Crippen molar-refractivity contribution in [1.29, 1.82) is 0 Å². The van der Waals surface area contributed by atoms with Crippen LogP contribution >= 0.6 is 0 Å². The van der Waals surface area contributed by atoms with Crippen LogP contribution in [0, 0.1) is 0 Å². The first-order valence-electron chi connectivity index (χ1n) is 13.3. The second-order valence-electron chi connectivity index (χ2n) is 10.1. The number of rotatable bonds is 4. The van der Waals surface area contributed by atoms with Crippen molar-refractivity contribution in [3.8, 4) is 0 Å². The molecule has 2 aromatic heterocycles. The number of fused-ring (bicyclic) bond motifs is 2. The Labute approximate surface area is 233 Å². The molecule has 0 unspecified atom stereocenters. The molecule has 1 aliphatic rings. The van der Waals surface area contributed by atoms with Gasteiger partial charge in [-0.2, -0.15) is 18.2 Å². The molecule has 7 nitrogen and oxygen atoms in total. The van der Waals surface area contributed by atoms with Gasteiger partial charge in [0.05, 0.1) is 28.5 Å². The standard InChI is InChI=1S/C31H26F3N5O2/c32-31(33,34)24-9-4-10-26-28(24)39(30(36-26)37-29(41)21-6-2-1-3-7-21)23-13-16-38(17-14-23)27(40)19-20-11-12-25-22(18-20)8-5-15-35-25/h1-12,15,18,23H,13-14,16-17,19H2,(H,36,37,41). The fourth-order valence-corrected chi connectivity index (χ4v) is 5.49. The van der Waals surface area contributed by atoms with E-state index in [1.165, 1.54) is 10.6 Å². The number of hydrogen-bond acceptors (Lipinski definition) is 3. The number of H-pyrrole nitrogens is 1. The number of amides is 2. The summed E-state index contributed by atoms with van der Waals surface area (Å²) in [5.41, 5.74) is 1.50. The number of hydrogen-bond donors (Lipinski definition) is 1. The Morgan fingerprint density at radius 1 is 0.951 bits per heavy atom. The Morgan fingerprint density at radius 2 is 1.73 bits per heavy atom. The molecule has 6 rings (SSSR count). The molecule has 1 N–H and O–H groups in total. The number of carbonyl (C=O) groups excluding carboxylic acids is 2. The lowest BCUT2D eigenvalue weighted by atomic mass is 10.0. The molecule has 1 aliphatic heterocycles. The average molecular weight is 558 g/mol. The number of benzene rings is 3. The van der Waals surface area contributed by atoms with Crippen LogP contribution in [-0.4, -0.2) is 44.3 Å². The van der Waals surface area contributed by atoms with E-state index >= 15 is 0 Å². The Morgan fingerprint density at radius 3 is 2.49 bits per heavy atom. The molecular formula is C31H26F3N5O2. The van der Waals surface area contributed by atoms with Crippen LogP contribution < -0.4 is 5.62 Å². The molecule has 208 valence electrons. The van der Waals surface area contributed by atoms with Gasteiger partial charge >= 0.3 is 6.18 Å². The highest BCUT2D eigenvalue weighted by atomic mass is 19.4. The van der Waals surface area contributed by atoms with Crippen molar-refractivity contribution >= 4 is 33.8 Å². The van der Waals surface area contributed by atoms with Crippen molar-refractivity contribution < 1.29 is 22.8 Å². The predicted molar refractivity (Wildman–Crippen MR) is 148 cm³/mol. The van der Waals surface area contributed by atoms with Gasteiger partial charge in [-0.25, -0.2) is 0 Å². The fraction of sp³-hybridized carbons (Fsp3) is 0.226. The Kier molecular flexibility index (Phi) is 6.90. The maximum absolute atomic E-state index is 14.1. The number of halogens is 3. The van der Waals surface area contributed by atoms with Crippen LogP contribution in [-0.2, 0) is 17.4 Å². The first-order valence-corrected chi connectivity index (χ1v) is 13.3. The molecule has 1 saturated heterocycles. The fourth-order valence-electron chi connectivity index (χ4n) is 5.49. The minimum Gasteiger partial charge on any atom is -0.342 e. The summed E-state index contributed by atoms with van der Waals surface area (Å²) >= 11 is 0. The van der Waals surface area contributed by atoms with Crippen LogP contribution in [0.5, 0.6) is 0 Å². The van der Waals surface area contributed by atoms with E-state index in [1.54, 1.807) is 47.5 Å². The van der Waals surface area contributed by atoms with Gasteiger partial charge in [0.2, 0.25) is 11.5 Å². The number of likely N-dealkylation sites (tertiary alicyclic amines) is 1. The first-order chi connectivity index (χ1) is 19.8. The number of alkyl halides is 3. The van der Waals surface area contributed by atoms with Crippen molar-refractivity contribution in [3.05, 3.63) is 107 Å². The van der Waals surface area contributed by atoms with Crippen LogP contribution in [0.15, 0.2) is 90.1 Å². The Balaban J connectivity index is 1.29. The van der Waals surface area contributed by atoms with E-state index in [0.717, 1.165) is 22.5 Å². The lowest BCUT2D eigenvalue weighted by Crippen LogP contribution is -2.41. The number of aromatic amines is 1. The quantitative estimate of drug-likeness (QED) is 0.309. The van der Waals surface area contributed by atoms with Gasteiger partial charge in [-0.15, -0.1) is 0 Å². The molecular weight excluding hydrogens is 531 g/mol. The Bertz CT molecular complexity index is 1820. The largest absolute Gasteiger partial charge is 0.418 e. The lowest BCUT2D eigenvalue weighted by molar-refractivity contribution is -0.136. The number of nitrogens with zero attached hydrogens (tertiary/aromatic N) is 4. The van der Waals surface area contributed by atoms with Gasteiger partial charge in [0, 0.05) is 36.3 Å². The summed E-state index contributed by atoms with van der Waals surface area (Å²) in [6.07, 6.45) is -1.83. The van der Waals surface area contributed by atoms with Crippen LogP contribution in [0.4, 0.5) is 13.2 Å². The lowest BCUT2D eigenvalue weighted by Gasteiger charge is -2.33. The first kappa shape index (κ1) is 26.5. The number of pyridine rings is 1. The van der Waals surface area contributed by atoms with Gasteiger partial charge in [0.15, 0.2) is 0 Å². The number of carbonyl (C=O) groups is 2. The number of piperidine rings is 1. The minimum atomic E-state index is -4.60. The van der Waals surface area contributed by atoms with Crippen molar-refractivity contribution in [2.75, 3.05) is 13.1 Å². The Hall–Kier alpha value is -4.73. The highest BCUT2D eigenvalue weighted by Crippen LogP contribution is 2.36. The average Bonchev–Trinajstić information content (AvgIpc) is 3.35. The van der Waals surface area contributed by atoms with Crippen LogP contribution in [0.1, 0.15) is 40.4 Å². The SMILES string of the molecule is O=C(/N=c1\[nH]c2cccc(C(F)(F)F)c2n1C1CCN(C(=O)Cc2ccc3ncccc3c2)CC1)c1ccccc1. The van der Waals surface area contributed by atoms with Gasteiger partial charge < -0.3 is 14.5 Å². The number of aromatic nitrogens is 3. The van der Waals surface area contributed by atoms with E-state index in [2.05, 4.69) is 15.0 Å². The monoisotopic (exact) mass is 557 g/mol. The normalized spacial score (nSPS) is 15.1. The molecule has 3 heterocycles. The van der Waals surface area contributed by atoms with Crippen molar-refractivity contribution in [3.63, 3.8) is 0 Å². The minimum absolute atomic E-state index is 0.0456. The van der Waals surface area contributed by atoms with Gasteiger partial charge in [-0.05, 0) is 60.9 Å². The van der Waals surface area contributed by atoms with Gasteiger partial charge in [0.25, 0.3) is 5.91 Å². The maximum atomic E-state index is 14.1. The second-order valence-corrected chi connectivity index (χ2v) is 10.1. The van der Waals surface area contributed by atoms with Crippen molar-refractivity contribution in [2.24, 2.45) is 4.99 Å². The van der Waals surface area contributed by atoms with E-state index in [9.17, 15) is 22.8 Å². The topological polar surface area (TPSA) is 83.4 Å². The maximum Gasteiger partial charge on any atom is 0.418 e. The smallest absolute Gasteiger partial charge is 0.342 e. The summed E-state index contributed by atoms with van der Waals surface area (Å²) in [7, 11) is 0. The summed E-state index contributed by atoms with van der Waals surface area (Å²) in [6, 6.07) is 21.4. The van der Waals surface area contributed by atoms with Crippen LogP contribution in [0.2, 0.25) is 0 Å². The predicted octanol–water partition coefficient (Wildman–Crippen LogP) is 5.68. The van der Waals surface area contributed by atoms with Gasteiger partial charge in [0.1, 0.15) is 0 Å². The molecule has 41 heavy (non-hydrogen) atoms. The summed E-state index contributed by atoms with van der Waals surface area (Å²) in [6.45, 7) is 0.747. The molecule has 0 radical (unpaired) electrons. The molecule has 2 amide bonds. The van der Waals surface area contributed by atoms with Crippen LogP contribution in [0.3, 0.4) is 0 Å². The summed E-state index contributed by atoms with van der Waals surface area (Å²) in [5.74, 6) is -0.603. The van der Waals surface area contributed by atoms with E-state index in [0.29, 0.717) is 31.5 Å². The van der Waals surface area contributed by atoms with E-state index < -0.39 is 23.7 Å². The highest BCUT2D eigenvalue weighted by molar-refractivity contribution is 5.95. The molecule has 0 bridgehead atoms. The van der Waals surface area contributed by atoms with Crippen molar-refractivity contribution in [1.82, 2.24) is 19.4 Å². The van der Waals surface area contributed by atoms with Gasteiger partial charge in [-0.3, -0.25) is 14.6 Å². The molecule has 0 atom stereocenters. The third-order valence-electron chi connectivity index (χ3n) is 7.49. The molecule has 1 fully saturated rings. The number of nitrogens with one attached hydrogen (secondary N) is 1.